The summed E-state index contributed by atoms with van der Waals surface area (Å²) >= 11 is 0. The summed E-state index contributed by atoms with van der Waals surface area (Å²) < 4.78 is 11.1. The molecule has 0 aromatic heterocycles. The predicted octanol–water partition coefficient (Wildman–Crippen LogP) is 2.12. The number of rotatable bonds is 4. The Hall–Kier alpha value is -2.20. The maximum Gasteiger partial charge on any atom is 0.164 e. The van der Waals surface area contributed by atoms with E-state index < -0.39 is 0 Å². The minimum Gasteiger partial charge on any atom is -0.508 e. The fourth-order valence-corrected chi connectivity index (χ4v) is 3.61. The van der Waals surface area contributed by atoms with Gasteiger partial charge in [0.1, 0.15) is 11.8 Å². The Labute approximate surface area is 137 Å². The lowest BCUT2D eigenvalue weighted by molar-refractivity contribution is -0.698. The van der Waals surface area contributed by atoms with Gasteiger partial charge in [0.25, 0.3) is 0 Å². The second-order valence-corrected chi connectivity index (χ2v) is 6.06. The van der Waals surface area contributed by atoms with Gasteiger partial charge in [-0.15, -0.1) is 0 Å². The molecular weight excluding hydrogens is 290 g/mol. The van der Waals surface area contributed by atoms with Crippen LogP contribution < -0.4 is 14.8 Å². The van der Waals surface area contributed by atoms with Crippen LogP contribution in [0.4, 0.5) is 0 Å². The first-order chi connectivity index (χ1) is 11.1. The third-order valence-corrected chi connectivity index (χ3v) is 4.67. The van der Waals surface area contributed by atoms with Crippen molar-refractivity contribution in [3.05, 3.63) is 52.6 Å². The van der Waals surface area contributed by atoms with Crippen LogP contribution >= 0.6 is 0 Å². The molecule has 0 unspecified atom stereocenters. The van der Waals surface area contributed by atoms with Crippen molar-refractivity contribution in [3.63, 3.8) is 0 Å². The standard InChI is InChI=1S/C19H23NO3/c1-12-18-14(11-17(22-2)19(12)23-3)8-9-20-16(18)10-13-4-6-15(21)7-5-13/h4-7,11,16,20-21H,8-10H2,1-3H3/p+1/t16-/m1/s1. The normalized spacial score (nSPS) is 16.7. The van der Waals surface area contributed by atoms with Crippen LogP contribution in [0.25, 0.3) is 0 Å². The van der Waals surface area contributed by atoms with E-state index in [4.69, 9.17) is 9.47 Å². The van der Waals surface area contributed by atoms with Crippen LogP contribution in [0.5, 0.6) is 17.2 Å². The molecule has 0 radical (unpaired) electrons. The zero-order chi connectivity index (χ0) is 16.4. The molecule has 0 spiro atoms. The summed E-state index contributed by atoms with van der Waals surface area (Å²) in [5.74, 6) is 1.95. The topological polar surface area (TPSA) is 55.3 Å². The lowest BCUT2D eigenvalue weighted by Crippen LogP contribution is -2.87. The van der Waals surface area contributed by atoms with Gasteiger partial charge in [0.05, 0.1) is 20.8 Å². The first kappa shape index (κ1) is 15.7. The summed E-state index contributed by atoms with van der Waals surface area (Å²) in [7, 11) is 3.38. The van der Waals surface area contributed by atoms with E-state index in [1.165, 1.54) is 22.3 Å². The second kappa shape index (κ2) is 6.50. The van der Waals surface area contributed by atoms with Gasteiger partial charge in [-0.1, -0.05) is 12.1 Å². The number of nitrogens with two attached hydrogens (primary N) is 1. The molecule has 0 amide bonds. The highest BCUT2D eigenvalue weighted by molar-refractivity contribution is 5.55. The fraction of sp³-hybridized carbons (Fsp3) is 0.368. The van der Waals surface area contributed by atoms with Gasteiger partial charge in [0, 0.05) is 24.0 Å². The molecule has 2 aromatic rings. The van der Waals surface area contributed by atoms with Gasteiger partial charge < -0.3 is 19.9 Å². The van der Waals surface area contributed by atoms with E-state index in [2.05, 4.69) is 18.3 Å². The molecular formula is C19H24NO3+. The Bertz CT molecular complexity index is 695. The van der Waals surface area contributed by atoms with Crippen molar-refractivity contribution in [1.29, 1.82) is 0 Å². The van der Waals surface area contributed by atoms with Crippen LogP contribution in [0.2, 0.25) is 0 Å². The minimum atomic E-state index is 0.310. The SMILES string of the molecule is COc1cc2c(c(C)c1OC)[C@@H](Cc1ccc(O)cc1)[NH2+]CC2. The minimum absolute atomic E-state index is 0.310. The van der Waals surface area contributed by atoms with Gasteiger partial charge >= 0.3 is 0 Å². The van der Waals surface area contributed by atoms with Crippen LogP contribution in [0.3, 0.4) is 0 Å². The van der Waals surface area contributed by atoms with Crippen molar-refractivity contribution in [3.8, 4) is 17.2 Å². The molecule has 1 heterocycles. The highest BCUT2D eigenvalue weighted by atomic mass is 16.5. The van der Waals surface area contributed by atoms with Crippen LogP contribution in [-0.2, 0) is 12.8 Å². The molecule has 1 atom stereocenters. The first-order valence-electron chi connectivity index (χ1n) is 7.99. The molecule has 0 saturated carbocycles. The smallest absolute Gasteiger partial charge is 0.164 e. The summed E-state index contributed by atoms with van der Waals surface area (Å²) in [4.78, 5) is 0. The molecule has 0 bridgehead atoms. The summed E-state index contributed by atoms with van der Waals surface area (Å²) in [5.41, 5.74) is 5.11. The summed E-state index contributed by atoms with van der Waals surface area (Å²) in [6.45, 7) is 3.19. The Morgan fingerprint density at radius 3 is 2.57 bits per heavy atom. The van der Waals surface area contributed by atoms with E-state index in [1.54, 1.807) is 26.4 Å². The Kier molecular flexibility index (Phi) is 4.44. The first-order valence-corrected chi connectivity index (χ1v) is 7.99. The zero-order valence-electron chi connectivity index (χ0n) is 13.9. The molecule has 1 aliphatic heterocycles. The highest BCUT2D eigenvalue weighted by Gasteiger charge is 2.28. The van der Waals surface area contributed by atoms with Gasteiger partial charge in [-0.3, -0.25) is 0 Å². The van der Waals surface area contributed by atoms with Gasteiger partial charge in [-0.2, -0.15) is 0 Å². The number of ether oxygens (including phenoxy) is 2. The predicted molar refractivity (Wildman–Crippen MR) is 89.3 cm³/mol. The van der Waals surface area contributed by atoms with Crippen molar-refractivity contribution in [1.82, 2.24) is 0 Å². The van der Waals surface area contributed by atoms with Gasteiger partial charge in [-0.05, 0) is 36.2 Å². The molecule has 2 aromatic carbocycles. The molecule has 0 saturated heterocycles. The van der Waals surface area contributed by atoms with Crippen molar-refractivity contribution < 1.29 is 19.9 Å². The third kappa shape index (κ3) is 2.99. The number of phenolic OH excluding ortho intramolecular Hbond substituents is 1. The second-order valence-electron chi connectivity index (χ2n) is 6.06. The molecule has 3 N–H and O–H groups in total. The Morgan fingerprint density at radius 2 is 1.91 bits per heavy atom. The largest absolute Gasteiger partial charge is 0.508 e. The average Bonchev–Trinajstić information content (AvgIpc) is 2.56. The number of aromatic hydroxyl groups is 1. The number of benzene rings is 2. The maximum absolute atomic E-state index is 9.45. The summed E-state index contributed by atoms with van der Waals surface area (Å²) in [6, 6.07) is 9.98. The van der Waals surface area contributed by atoms with Crippen LogP contribution in [0.15, 0.2) is 30.3 Å². The molecule has 0 fully saturated rings. The van der Waals surface area contributed by atoms with Crippen LogP contribution in [0.1, 0.15) is 28.3 Å². The number of methoxy groups -OCH3 is 2. The van der Waals surface area contributed by atoms with Crippen LogP contribution in [-0.4, -0.2) is 25.9 Å². The molecule has 122 valence electrons. The quantitative estimate of drug-likeness (QED) is 0.909. The highest BCUT2D eigenvalue weighted by Crippen LogP contribution is 2.39. The lowest BCUT2D eigenvalue weighted by Gasteiger charge is -2.28. The molecule has 4 heteroatoms. The van der Waals surface area contributed by atoms with E-state index in [1.807, 2.05) is 12.1 Å². The summed E-state index contributed by atoms with van der Waals surface area (Å²) in [6.07, 6.45) is 1.98. The van der Waals surface area contributed by atoms with Crippen molar-refractivity contribution in [2.75, 3.05) is 20.8 Å². The monoisotopic (exact) mass is 314 g/mol. The number of fused-ring (bicyclic) bond motifs is 1. The van der Waals surface area contributed by atoms with Crippen molar-refractivity contribution >= 4 is 0 Å². The van der Waals surface area contributed by atoms with E-state index in [-0.39, 0.29) is 0 Å². The van der Waals surface area contributed by atoms with Crippen molar-refractivity contribution in [2.45, 2.75) is 25.8 Å². The Balaban J connectivity index is 1.99. The van der Waals surface area contributed by atoms with E-state index in [9.17, 15) is 5.11 Å². The average molecular weight is 314 g/mol. The maximum atomic E-state index is 9.45. The molecule has 0 aliphatic carbocycles. The lowest BCUT2D eigenvalue weighted by atomic mass is 9.86. The fourth-order valence-electron chi connectivity index (χ4n) is 3.61. The van der Waals surface area contributed by atoms with E-state index in [0.29, 0.717) is 11.8 Å². The van der Waals surface area contributed by atoms with Gasteiger partial charge in [0.2, 0.25) is 0 Å². The molecule has 1 aliphatic rings. The van der Waals surface area contributed by atoms with Crippen LogP contribution in [0, 0.1) is 6.92 Å². The number of hydrogen-bond donors (Lipinski definition) is 2. The summed E-state index contributed by atoms with van der Waals surface area (Å²) in [5, 5.41) is 11.8. The van der Waals surface area contributed by atoms with Gasteiger partial charge in [0.15, 0.2) is 11.5 Å². The van der Waals surface area contributed by atoms with Gasteiger partial charge in [-0.25, -0.2) is 0 Å². The number of quaternary nitrogens is 1. The zero-order valence-corrected chi connectivity index (χ0v) is 13.9. The van der Waals surface area contributed by atoms with E-state index >= 15 is 0 Å². The Morgan fingerprint density at radius 1 is 1.17 bits per heavy atom. The number of hydrogen-bond acceptors (Lipinski definition) is 3. The number of phenols is 1. The molecule has 23 heavy (non-hydrogen) atoms. The molecule has 4 nitrogen and oxygen atoms in total. The molecule has 3 rings (SSSR count). The van der Waals surface area contributed by atoms with E-state index in [0.717, 1.165) is 30.9 Å². The van der Waals surface area contributed by atoms with Crippen molar-refractivity contribution in [2.24, 2.45) is 0 Å². The third-order valence-electron chi connectivity index (χ3n) is 4.67.